The van der Waals surface area contributed by atoms with Crippen molar-refractivity contribution in [2.24, 2.45) is 5.92 Å². The molecule has 2 aromatic rings. The summed E-state index contributed by atoms with van der Waals surface area (Å²) in [4.78, 5) is 26.8. The minimum absolute atomic E-state index is 0.0112. The van der Waals surface area contributed by atoms with E-state index in [9.17, 15) is 9.59 Å². The van der Waals surface area contributed by atoms with Crippen molar-refractivity contribution in [3.05, 3.63) is 40.9 Å². The molecule has 1 saturated carbocycles. The number of anilines is 1. The van der Waals surface area contributed by atoms with Crippen molar-refractivity contribution < 1.29 is 9.59 Å². The first-order valence-corrected chi connectivity index (χ1v) is 9.90. The molecule has 1 N–H and O–H groups in total. The topological polar surface area (TPSA) is 75.2 Å². The van der Waals surface area contributed by atoms with Gasteiger partial charge in [-0.2, -0.15) is 0 Å². The van der Waals surface area contributed by atoms with E-state index < -0.39 is 5.92 Å². The van der Waals surface area contributed by atoms with E-state index in [4.69, 9.17) is 0 Å². The molecule has 0 bridgehead atoms. The van der Waals surface area contributed by atoms with Gasteiger partial charge in [0.1, 0.15) is 5.01 Å². The van der Waals surface area contributed by atoms with Gasteiger partial charge in [-0.05, 0) is 18.4 Å². The molecule has 6 nitrogen and oxygen atoms in total. The van der Waals surface area contributed by atoms with E-state index in [2.05, 4.69) is 15.5 Å². The van der Waals surface area contributed by atoms with Crippen LogP contribution >= 0.6 is 11.3 Å². The van der Waals surface area contributed by atoms with Crippen molar-refractivity contribution in [2.75, 3.05) is 12.4 Å². The van der Waals surface area contributed by atoms with E-state index in [-0.39, 0.29) is 24.3 Å². The van der Waals surface area contributed by atoms with E-state index in [1.807, 2.05) is 30.3 Å². The summed E-state index contributed by atoms with van der Waals surface area (Å²) < 4.78 is 0. The second-order valence-electron chi connectivity index (χ2n) is 7.09. The summed E-state index contributed by atoms with van der Waals surface area (Å²) >= 11 is 1.46. The van der Waals surface area contributed by atoms with Crippen molar-refractivity contribution in [2.45, 2.75) is 44.1 Å². The highest BCUT2D eigenvalue weighted by atomic mass is 32.1. The van der Waals surface area contributed by atoms with Crippen molar-refractivity contribution in [3.63, 3.8) is 0 Å². The van der Waals surface area contributed by atoms with Crippen LogP contribution < -0.4 is 5.32 Å². The predicted molar refractivity (Wildman–Crippen MR) is 99.8 cm³/mol. The second-order valence-corrected chi connectivity index (χ2v) is 8.10. The van der Waals surface area contributed by atoms with Crippen LogP contribution in [0.3, 0.4) is 0 Å². The third-order valence-corrected chi connectivity index (χ3v) is 6.44. The third kappa shape index (κ3) is 3.23. The molecule has 2 aliphatic rings. The largest absolute Gasteiger partial charge is 0.338 e. The normalized spacial score (nSPS) is 23.6. The van der Waals surface area contributed by atoms with Gasteiger partial charge in [-0.1, -0.05) is 54.5 Å². The number of rotatable bonds is 4. The number of aromatic nitrogens is 2. The molecule has 2 fully saturated rings. The van der Waals surface area contributed by atoms with Crippen LogP contribution in [0, 0.1) is 5.92 Å². The fraction of sp³-hybridized carbons (Fsp3) is 0.474. The van der Waals surface area contributed by atoms with Gasteiger partial charge >= 0.3 is 0 Å². The number of carbonyl (C=O) groups excluding carboxylic acids is 2. The molecule has 1 aliphatic carbocycles. The van der Waals surface area contributed by atoms with Crippen LogP contribution in [0.5, 0.6) is 0 Å². The van der Waals surface area contributed by atoms with Crippen LogP contribution in [0.1, 0.15) is 54.6 Å². The Morgan fingerprint density at radius 1 is 1.19 bits per heavy atom. The number of benzene rings is 1. The van der Waals surface area contributed by atoms with Crippen LogP contribution in [0.4, 0.5) is 5.13 Å². The maximum absolute atomic E-state index is 12.9. The fourth-order valence-corrected chi connectivity index (χ4v) is 4.95. The Hall–Kier alpha value is -2.28. The monoisotopic (exact) mass is 370 g/mol. The highest BCUT2D eigenvalue weighted by Crippen LogP contribution is 2.39. The van der Waals surface area contributed by atoms with E-state index in [0.29, 0.717) is 11.0 Å². The summed E-state index contributed by atoms with van der Waals surface area (Å²) in [7, 11) is 1.76. The summed E-state index contributed by atoms with van der Waals surface area (Å²) in [6.07, 6.45) is 5.00. The van der Waals surface area contributed by atoms with Crippen molar-refractivity contribution in [1.82, 2.24) is 15.1 Å². The number of hydrogen-bond acceptors (Lipinski definition) is 5. The molecule has 2 amide bonds. The SMILES string of the molecule is CN1C(=O)C[C@H](C(=O)Nc2nnc(C3CCCC3)s2)[C@@H]1c1ccccc1. The van der Waals surface area contributed by atoms with Crippen LogP contribution in [-0.2, 0) is 9.59 Å². The van der Waals surface area contributed by atoms with Gasteiger partial charge in [-0.3, -0.25) is 9.59 Å². The lowest BCUT2D eigenvalue weighted by molar-refractivity contribution is -0.127. The van der Waals surface area contributed by atoms with Crippen LogP contribution in [0.2, 0.25) is 0 Å². The Morgan fingerprint density at radius 3 is 2.65 bits per heavy atom. The van der Waals surface area contributed by atoms with Gasteiger partial charge < -0.3 is 10.2 Å². The van der Waals surface area contributed by atoms with E-state index in [1.165, 1.54) is 24.2 Å². The summed E-state index contributed by atoms with van der Waals surface area (Å²) in [5.74, 6) is -0.114. The van der Waals surface area contributed by atoms with Crippen molar-refractivity contribution in [1.29, 1.82) is 0 Å². The van der Waals surface area contributed by atoms with Crippen LogP contribution in [0.15, 0.2) is 30.3 Å². The Bertz CT molecular complexity index is 801. The van der Waals surface area contributed by atoms with Gasteiger partial charge in [0, 0.05) is 19.4 Å². The molecule has 0 spiro atoms. The zero-order valence-electron chi connectivity index (χ0n) is 14.7. The van der Waals surface area contributed by atoms with Gasteiger partial charge in [0.05, 0.1) is 12.0 Å². The number of amides is 2. The molecule has 1 aliphatic heterocycles. The molecule has 7 heteroatoms. The quantitative estimate of drug-likeness (QED) is 0.895. The van der Waals surface area contributed by atoms with Crippen molar-refractivity contribution in [3.8, 4) is 0 Å². The van der Waals surface area contributed by atoms with E-state index in [0.717, 1.165) is 23.4 Å². The minimum Gasteiger partial charge on any atom is -0.338 e. The first-order valence-electron chi connectivity index (χ1n) is 9.08. The highest BCUT2D eigenvalue weighted by molar-refractivity contribution is 7.15. The zero-order valence-corrected chi connectivity index (χ0v) is 15.5. The Labute approximate surface area is 156 Å². The number of hydrogen-bond donors (Lipinski definition) is 1. The fourth-order valence-electron chi connectivity index (χ4n) is 4.03. The average Bonchev–Trinajstić information content (AvgIpc) is 3.37. The highest BCUT2D eigenvalue weighted by Gasteiger charge is 2.42. The molecule has 4 rings (SSSR count). The number of likely N-dealkylation sites (tertiary alicyclic amines) is 1. The second kappa shape index (κ2) is 7.15. The lowest BCUT2D eigenvalue weighted by atomic mass is 9.93. The zero-order chi connectivity index (χ0) is 18.1. The first kappa shape index (κ1) is 17.1. The summed E-state index contributed by atoms with van der Waals surface area (Å²) in [5, 5.41) is 12.8. The molecule has 2 heterocycles. The minimum atomic E-state index is -0.422. The third-order valence-electron chi connectivity index (χ3n) is 5.44. The summed E-state index contributed by atoms with van der Waals surface area (Å²) in [6.45, 7) is 0. The molecule has 0 radical (unpaired) electrons. The molecular formula is C19H22N4O2S. The van der Waals surface area contributed by atoms with Gasteiger partial charge in [-0.15, -0.1) is 10.2 Å². The van der Waals surface area contributed by atoms with E-state index in [1.54, 1.807) is 11.9 Å². The molecular weight excluding hydrogens is 348 g/mol. The predicted octanol–water partition coefficient (Wildman–Crippen LogP) is 3.35. The molecule has 1 aromatic carbocycles. The Kier molecular flexibility index (Phi) is 4.72. The molecule has 2 atom stereocenters. The lowest BCUT2D eigenvalue weighted by Gasteiger charge is -2.24. The summed E-state index contributed by atoms with van der Waals surface area (Å²) in [6, 6.07) is 9.47. The number of nitrogens with zero attached hydrogens (tertiary/aromatic N) is 3. The first-order chi connectivity index (χ1) is 12.6. The van der Waals surface area contributed by atoms with Gasteiger partial charge in [0.25, 0.3) is 0 Å². The maximum Gasteiger partial charge on any atom is 0.232 e. The van der Waals surface area contributed by atoms with Gasteiger partial charge in [0.15, 0.2) is 0 Å². The van der Waals surface area contributed by atoms with Crippen LogP contribution in [-0.4, -0.2) is 34.0 Å². The number of nitrogens with one attached hydrogen (secondary N) is 1. The standard InChI is InChI=1S/C19H22N4O2S/c1-23-15(24)11-14(16(23)12-7-3-2-4-8-12)17(25)20-19-22-21-18(26-19)13-9-5-6-10-13/h2-4,7-8,13-14,16H,5-6,9-11H2,1H3,(H,20,22,25)/t14-,16-/m0/s1. The molecule has 26 heavy (non-hydrogen) atoms. The lowest BCUT2D eigenvalue weighted by Crippen LogP contribution is -2.29. The van der Waals surface area contributed by atoms with Gasteiger partial charge in [-0.25, -0.2) is 0 Å². The van der Waals surface area contributed by atoms with Crippen molar-refractivity contribution >= 4 is 28.3 Å². The Balaban J connectivity index is 1.50. The van der Waals surface area contributed by atoms with E-state index >= 15 is 0 Å². The molecule has 0 unspecified atom stereocenters. The molecule has 1 saturated heterocycles. The average molecular weight is 370 g/mol. The summed E-state index contributed by atoms with van der Waals surface area (Å²) in [5.41, 5.74) is 0.977. The Morgan fingerprint density at radius 2 is 1.92 bits per heavy atom. The number of carbonyl (C=O) groups is 2. The smallest absolute Gasteiger partial charge is 0.232 e. The van der Waals surface area contributed by atoms with Crippen LogP contribution in [0.25, 0.3) is 0 Å². The molecule has 136 valence electrons. The van der Waals surface area contributed by atoms with Gasteiger partial charge in [0.2, 0.25) is 16.9 Å². The molecule has 1 aromatic heterocycles. The maximum atomic E-state index is 12.9.